The van der Waals surface area contributed by atoms with Crippen LogP contribution in [0.25, 0.3) is 11.6 Å². The second kappa shape index (κ2) is 8.37. The molecule has 0 aromatic heterocycles. The van der Waals surface area contributed by atoms with E-state index >= 15 is 0 Å². The standard InChI is InChI=1S/C24H22O3/c1-17-15-21(27-3)13-14-22(17)24(25)23(16-18-7-5-4-6-8-18)19-9-11-20(26-2)12-10-19/h4-16H,1-3H3. The molecule has 0 heterocycles. The Morgan fingerprint density at radius 1 is 0.815 bits per heavy atom. The predicted molar refractivity (Wildman–Crippen MR) is 109 cm³/mol. The van der Waals surface area contributed by atoms with Gasteiger partial charge in [0.05, 0.1) is 14.2 Å². The Balaban J connectivity index is 2.08. The van der Waals surface area contributed by atoms with E-state index in [1.807, 2.05) is 85.8 Å². The highest BCUT2D eigenvalue weighted by molar-refractivity contribution is 6.32. The summed E-state index contributed by atoms with van der Waals surface area (Å²) in [5.41, 5.74) is 4.00. The molecule has 0 saturated heterocycles. The lowest BCUT2D eigenvalue weighted by Crippen LogP contribution is -2.05. The minimum absolute atomic E-state index is 0.0239. The maximum absolute atomic E-state index is 13.4. The number of methoxy groups -OCH3 is 2. The highest BCUT2D eigenvalue weighted by Gasteiger charge is 2.17. The molecular weight excluding hydrogens is 336 g/mol. The summed E-state index contributed by atoms with van der Waals surface area (Å²) in [6.45, 7) is 1.92. The van der Waals surface area contributed by atoms with Gasteiger partial charge in [0, 0.05) is 11.1 Å². The molecule has 0 aliphatic rings. The molecule has 0 aliphatic carbocycles. The second-order valence-corrected chi connectivity index (χ2v) is 6.21. The molecule has 0 N–H and O–H groups in total. The van der Waals surface area contributed by atoms with Crippen LogP contribution in [0.5, 0.6) is 11.5 Å². The third kappa shape index (κ3) is 4.26. The van der Waals surface area contributed by atoms with Gasteiger partial charge in [0.1, 0.15) is 11.5 Å². The third-order valence-electron chi connectivity index (χ3n) is 4.43. The fourth-order valence-electron chi connectivity index (χ4n) is 2.93. The molecule has 0 bridgehead atoms. The van der Waals surface area contributed by atoms with Crippen molar-refractivity contribution in [2.24, 2.45) is 0 Å². The Morgan fingerprint density at radius 3 is 2.04 bits per heavy atom. The van der Waals surface area contributed by atoms with E-state index < -0.39 is 0 Å². The van der Waals surface area contributed by atoms with Gasteiger partial charge in [0.2, 0.25) is 0 Å². The minimum Gasteiger partial charge on any atom is -0.497 e. The summed E-state index contributed by atoms with van der Waals surface area (Å²) >= 11 is 0. The summed E-state index contributed by atoms with van der Waals surface area (Å²) in [7, 11) is 3.25. The third-order valence-corrected chi connectivity index (χ3v) is 4.43. The molecule has 0 radical (unpaired) electrons. The summed E-state index contributed by atoms with van der Waals surface area (Å²) in [5.74, 6) is 1.47. The van der Waals surface area contributed by atoms with Crippen LogP contribution in [0, 0.1) is 6.92 Å². The molecule has 136 valence electrons. The van der Waals surface area contributed by atoms with Crippen molar-refractivity contribution in [2.75, 3.05) is 14.2 Å². The highest BCUT2D eigenvalue weighted by atomic mass is 16.5. The van der Waals surface area contributed by atoms with E-state index in [0.717, 1.165) is 28.2 Å². The van der Waals surface area contributed by atoms with Gasteiger partial charge in [-0.25, -0.2) is 0 Å². The van der Waals surface area contributed by atoms with Gasteiger partial charge in [0.15, 0.2) is 5.78 Å². The number of aryl methyl sites for hydroxylation is 1. The first-order valence-corrected chi connectivity index (χ1v) is 8.73. The molecular formula is C24H22O3. The zero-order valence-corrected chi connectivity index (χ0v) is 15.7. The zero-order chi connectivity index (χ0) is 19.2. The fourth-order valence-corrected chi connectivity index (χ4v) is 2.93. The Hall–Kier alpha value is -3.33. The van der Waals surface area contributed by atoms with Crippen molar-refractivity contribution in [1.29, 1.82) is 0 Å². The lowest BCUT2D eigenvalue weighted by molar-refractivity contribution is 0.105. The molecule has 0 fully saturated rings. The molecule has 0 spiro atoms. The van der Waals surface area contributed by atoms with Crippen LogP contribution >= 0.6 is 0 Å². The second-order valence-electron chi connectivity index (χ2n) is 6.21. The van der Waals surface area contributed by atoms with E-state index in [-0.39, 0.29) is 5.78 Å². The first-order chi connectivity index (χ1) is 13.1. The number of ketones is 1. The van der Waals surface area contributed by atoms with Gasteiger partial charge in [0.25, 0.3) is 0 Å². The Labute approximate surface area is 159 Å². The number of rotatable bonds is 6. The van der Waals surface area contributed by atoms with E-state index in [0.29, 0.717) is 11.1 Å². The van der Waals surface area contributed by atoms with Gasteiger partial charge in [-0.15, -0.1) is 0 Å². The molecule has 0 saturated carbocycles. The first-order valence-electron chi connectivity index (χ1n) is 8.73. The molecule has 3 aromatic carbocycles. The molecule has 0 amide bonds. The number of allylic oxidation sites excluding steroid dienone is 1. The number of ether oxygens (including phenoxy) is 2. The van der Waals surface area contributed by atoms with Gasteiger partial charge >= 0.3 is 0 Å². The van der Waals surface area contributed by atoms with Gasteiger partial charge in [-0.3, -0.25) is 4.79 Å². The highest BCUT2D eigenvalue weighted by Crippen LogP contribution is 2.27. The molecule has 0 aliphatic heterocycles. The van der Waals surface area contributed by atoms with E-state index in [2.05, 4.69) is 0 Å². The van der Waals surface area contributed by atoms with E-state index in [1.165, 1.54) is 0 Å². The number of hydrogen-bond donors (Lipinski definition) is 0. The molecule has 3 aromatic rings. The quantitative estimate of drug-likeness (QED) is 0.334. The van der Waals surface area contributed by atoms with Crippen LogP contribution in [0.15, 0.2) is 72.8 Å². The number of Topliss-reactive ketones (excluding diaryl/α,β-unsaturated/α-hetero) is 1. The summed E-state index contributed by atoms with van der Waals surface area (Å²) in [6.07, 6.45) is 1.92. The van der Waals surface area contributed by atoms with Crippen molar-refractivity contribution in [3.63, 3.8) is 0 Å². The van der Waals surface area contributed by atoms with Crippen molar-refractivity contribution in [3.8, 4) is 11.5 Å². The molecule has 0 unspecified atom stereocenters. The van der Waals surface area contributed by atoms with Gasteiger partial charge in [-0.2, -0.15) is 0 Å². The van der Waals surface area contributed by atoms with Gasteiger partial charge < -0.3 is 9.47 Å². The van der Waals surface area contributed by atoms with E-state index in [1.54, 1.807) is 14.2 Å². The van der Waals surface area contributed by atoms with Crippen LogP contribution in [-0.2, 0) is 0 Å². The van der Waals surface area contributed by atoms with Crippen LogP contribution < -0.4 is 9.47 Å². The number of benzene rings is 3. The maximum atomic E-state index is 13.4. The normalized spacial score (nSPS) is 11.1. The Morgan fingerprint density at radius 2 is 1.44 bits per heavy atom. The lowest BCUT2D eigenvalue weighted by atomic mass is 9.92. The number of hydrogen-bond acceptors (Lipinski definition) is 3. The van der Waals surface area contributed by atoms with Crippen LogP contribution in [0.3, 0.4) is 0 Å². The van der Waals surface area contributed by atoms with Crippen LogP contribution in [0.4, 0.5) is 0 Å². The van der Waals surface area contributed by atoms with Crippen LogP contribution in [-0.4, -0.2) is 20.0 Å². The van der Waals surface area contributed by atoms with Crippen molar-refractivity contribution in [1.82, 2.24) is 0 Å². The molecule has 3 rings (SSSR count). The molecule has 0 atom stereocenters. The van der Waals surface area contributed by atoms with E-state index in [9.17, 15) is 4.79 Å². The first kappa shape index (κ1) is 18.5. The molecule has 3 heteroatoms. The summed E-state index contributed by atoms with van der Waals surface area (Å²) in [6, 6.07) is 22.9. The molecule has 27 heavy (non-hydrogen) atoms. The molecule has 3 nitrogen and oxygen atoms in total. The zero-order valence-electron chi connectivity index (χ0n) is 15.7. The minimum atomic E-state index is -0.0239. The largest absolute Gasteiger partial charge is 0.497 e. The summed E-state index contributed by atoms with van der Waals surface area (Å²) in [5, 5.41) is 0. The van der Waals surface area contributed by atoms with Crippen molar-refractivity contribution < 1.29 is 14.3 Å². The number of carbonyl (C=O) groups is 1. The Bertz CT molecular complexity index is 955. The Kier molecular flexibility index (Phi) is 5.72. The van der Waals surface area contributed by atoms with Crippen molar-refractivity contribution in [2.45, 2.75) is 6.92 Å². The average molecular weight is 358 g/mol. The van der Waals surface area contributed by atoms with Crippen molar-refractivity contribution >= 4 is 17.4 Å². The van der Waals surface area contributed by atoms with Gasteiger partial charge in [-0.1, -0.05) is 42.5 Å². The number of carbonyl (C=O) groups excluding carboxylic acids is 1. The maximum Gasteiger partial charge on any atom is 0.193 e. The fraction of sp³-hybridized carbons (Fsp3) is 0.125. The average Bonchev–Trinajstić information content (AvgIpc) is 2.72. The van der Waals surface area contributed by atoms with Gasteiger partial charge in [-0.05, 0) is 60.0 Å². The summed E-state index contributed by atoms with van der Waals surface area (Å²) < 4.78 is 10.5. The lowest BCUT2D eigenvalue weighted by Gasteiger charge is -2.12. The van der Waals surface area contributed by atoms with Crippen molar-refractivity contribution in [3.05, 3.63) is 95.1 Å². The SMILES string of the molecule is COc1ccc(C(=Cc2ccccc2)C(=O)c2ccc(OC)cc2C)cc1. The predicted octanol–water partition coefficient (Wildman–Crippen LogP) is 5.44. The van der Waals surface area contributed by atoms with Crippen LogP contribution in [0.1, 0.15) is 27.0 Å². The van der Waals surface area contributed by atoms with Crippen LogP contribution in [0.2, 0.25) is 0 Å². The smallest absolute Gasteiger partial charge is 0.193 e. The summed E-state index contributed by atoms with van der Waals surface area (Å²) in [4.78, 5) is 13.4. The topological polar surface area (TPSA) is 35.5 Å². The monoisotopic (exact) mass is 358 g/mol. The van der Waals surface area contributed by atoms with E-state index in [4.69, 9.17) is 9.47 Å².